The summed E-state index contributed by atoms with van der Waals surface area (Å²) < 4.78 is 11.2. The van der Waals surface area contributed by atoms with Gasteiger partial charge >= 0.3 is 0 Å². The van der Waals surface area contributed by atoms with Gasteiger partial charge in [0.05, 0.1) is 24.0 Å². The van der Waals surface area contributed by atoms with Crippen LogP contribution in [0.2, 0.25) is 0 Å². The summed E-state index contributed by atoms with van der Waals surface area (Å²) in [7, 11) is 0. The SMILES string of the molecule is CCOc1ccccc1C(=O)Nc1nc(-c2ccc(OC(C)C)cc2)cs1. The quantitative estimate of drug-likeness (QED) is 0.606. The van der Waals surface area contributed by atoms with Crippen molar-refractivity contribution >= 4 is 22.4 Å². The minimum atomic E-state index is -0.236. The summed E-state index contributed by atoms with van der Waals surface area (Å²) in [6.45, 7) is 6.38. The van der Waals surface area contributed by atoms with Gasteiger partial charge in [0.1, 0.15) is 11.5 Å². The zero-order valence-corrected chi connectivity index (χ0v) is 16.4. The van der Waals surface area contributed by atoms with Crippen molar-refractivity contribution < 1.29 is 14.3 Å². The Morgan fingerprint density at radius 1 is 1.15 bits per heavy atom. The fraction of sp³-hybridized carbons (Fsp3) is 0.238. The van der Waals surface area contributed by atoms with Gasteiger partial charge in [0.2, 0.25) is 0 Å². The van der Waals surface area contributed by atoms with Crippen molar-refractivity contribution in [1.29, 1.82) is 0 Å². The number of carbonyl (C=O) groups excluding carboxylic acids is 1. The average Bonchev–Trinajstić information content (AvgIpc) is 3.11. The van der Waals surface area contributed by atoms with Crippen molar-refractivity contribution in [3.63, 3.8) is 0 Å². The van der Waals surface area contributed by atoms with Gasteiger partial charge in [0.15, 0.2) is 5.13 Å². The number of amides is 1. The van der Waals surface area contributed by atoms with E-state index in [1.807, 2.05) is 62.5 Å². The number of rotatable bonds is 7. The Morgan fingerprint density at radius 2 is 1.89 bits per heavy atom. The Labute approximate surface area is 163 Å². The minimum absolute atomic E-state index is 0.136. The lowest BCUT2D eigenvalue weighted by atomic mass is 10.2. The Bertz CT molecular complexity index is 904. The first kappa shape index (κ1) is 18.9. The van der Waals surface area contributed by atoms with E-state index in [2.05, 4.69) is 10.3 Å². The summed E-state index contributed by atoms with van der Waals surface area (Å²) in [5.74, 6) is 1.15. The maximum absolute atomic E-state index is 12.6. The van der Waals surface area contributed by atoms with Gasteiger partial charge in [-0.3, -0.25) is 10.1 Å². The fourth-order valence-corrected chi connectivity index (χ4v) is 3.25. The molecule has 3 aromatic rings. The Kier molecular flexibility index (Phi) is 6.08. The van der Waals surface area contributed by atoms with Crippen molar-refractivity contribution in [3.05, 3.63) is 59.5 Å². The highest BCUT2D eigenvalue weighted by Crippen LogP contribution is 2.28. The van der Waals surface area contributed by atoms with Crippen LogP contribution in [0.3, 0.4) is 0 Å². The highest BCUT2D eigenvalue weighted by atomic mass is 32.1. The van der Waals surface area contributed by atoms with Crippen LogP contribution < -0.4 is 14.8 Å². The molecule has 140 valence electrons. The molecule has 2 aromatic carbocycles. The maximum atomic E-state index is 12.6. The van der Waals surface area contributed by atoms with E-state index in [-0.39, 0.29) is 12.0 Å². The summed E-state index contributed by atoms with van der Waals surface area (Å²) in [5.41, 5.74) is 2.27. The third kappa shape index (κ3) is 4.86. The van der Waals surface area contributed by atoms with Crippen LogP contribution in [0.15, 0.2) is 53.9 Å². The number of carbonyl (C=O) groups is 1. The highest BCUT2D eigenvalue weighted by Gasteiger charge is 2.14. The van der Waals surface area contributed by atoms with E-state index < -0.39 is 0 Å². The topological polar surface area (TPSA) is 60.5 Å². The Hall–Kier alpha value is -2.86. The minimum Gasteiger partial charge on any atom is -0.493 e. The summed E-state index contributed by atoms with van der Waals surface area (Å²) in [6, 6.07) is 14.9. The maximum Gasteiger partial charge on any atom is 0.261 e. The van der Waals surface area contributed by atoms with Crippen LogP contribution in [0.1, 0.15) is 31.1 Å². The van der Waals surface area contributed by atoms with Crippen molar-refractivity contribution in [1.82, 2.24) is 4.98 Å². The van der Waals surface area contributed by atoms with E-state index in [0.717, 1.165) is 17.0 Å². The number of nitrogens with one attached hydrogen (secondary N) is 1. The molecule has 3 rings (SSSR count). The van der Waals surface area contributed by atoms with E-state index in [1.54, 1.807) is 12.1 Å². The third-order valence-electron chi connectivity index (χ3n) is 3.68. The predicted octanol–water partition coefficient (Wildman–Crippen LogP) is 5.25. The van der Waals surface area contributed by atoms with E-state index in [0.29, 0.717) is 23.1 Å². The molecule has 1 aromatic heterocycles. The van der Waals surface area contributed by atoms with Crippen LogP contribution >= 0.6 is 11.3 Å². The molecule has 1 amide bonds. The van der Waals surface area contributed by atoms with Gasteiger partial charge in [-0.1, -0.05) is 12.1 Å². The van der Waals surface area contributed by atoms with Gasteiger partial charge in [0, 0.05) is 10.9 Å². The molecule has 0 aliphatic carbocycles. The zero-order valence-electron chi connectivity index (χ0n) is 15.6. The molecule has 0 aliphatic heterocycles. The highest BCUT2D eigenvalue weighted by molar-refractivity contribution is 7.14. The number of ether oxygens (including phenoxy) is 2. The zero-order chi connectivity index (χ0) is 19.2. The molecular formula is C21H22N2O3S. The largest absolute Gasteiger partial charge is 0.493 e. The number of nitrogens with zero attached hydrogens (tertiary/aromatic N) is 1. The normalized spacial score (nSPS) is 10.7. The molecule has 0 fully saturated rings. The summed E-state index contributed by atoms with van der Waals surface area (Å²) in [4.78, 5) is 17.1. The van der Waals surface area contributed by atoms with Crippen LogP contribution in [0, 0.1) is 0 Å². The molecule has 0 radical (unpaired) electrons. The summed E-state index contributed by atoms with van der Waals surface area (Å²) >= 11 is 1.39. The lowest BCUT2D eigenvalue weighted by Gasteiger charge is -2.09. The number of thiazole rings is 1. The van der Waals surface area contributed by atoms with Gasteiger partial charge in [-0.2, -0.15) is 0 Å². The van der Waals surface area contributed by atoms with Crippen LogP contribution in [-0.2, 0) is 0 Å². The smallest absolute Gasteiger partial charge is 0.261 e. The molecule has 0 unspecified atom stereocenters. The van der Waals surface area contributed by atoms with Gasteiger partial charge in [0.25, 0.3) is 5.91 Å². The molecule has 0 spiro atoms. The van der Waals surface area contributed by atoms with Gasteiger partial charge < -0.3 is 9.47 Å². The fourth-order valence-electron chi connectivity index (χ4n) is 2.54. The van der Waals surface area contributed by atoms with Crippen LogP contribution in [0.25, 0.3) is 11.3 Å². The first-order chi connectivity index (χ1) is 13.1. The standard InChI is InChI=1S/C21H22N2O3S/c1-4-25-19-8-6-5-7-17(19)20(24)23-21-22-18(13-27-21)15-9-11-16(12-10-15)26-14(2)3/h5-14H,4H2,1-3H3,(H,22,23,24). The van der Waals surface area contributed by atoms with Gasteiger partial charge in [-0.25, -0.2) is 4.98 Å². The molecule has 0 aliphatic rings. The van der Waals surface area contributed by atoms with E-state index in [1.165, 1.54) is 11.3 Å². The first-order valence-electron chi connectivity index (χ1n) is 8.82. The molecule has 6 heteroatoms. The van der Waals surface area contributed by atoms with Crippen molar-refractivity contribution in [2.24, 2.45) is 0 Å². The lowest BCUT2D eigenvalue weighted by Crippen LogP contribution is -2.13. The number of aromatic nitrogens is 1. The van der Waals surface area contributed by atoms with Crippen LogP contribution in [0.4, 0.5) is 5.13 Å². The number of benzene rings is 2. The third-order valence-corrected chi connectivity index (χ3v) is 4.44. The van der Waals surface area contributed by atoms with E-state index in [4.69, 9.17) is 9.47 Å². The predicted molar refractivity (Wildman–Crippen MR) is 109 cm³/mol. The second-order valence-electron chi connectivity index (χ2n) is 6.11. The Morgan fingerprint density at radius 3 is 2.59 bits per heavy atom. The van der Waals surface area contributed by atoms with Gasteiger partial charge in [-0.05, 0) is 57.2 Å². The van der Waals surface area contributed by atoms with Crippen LogP contribution in [0.5, 0.6) is 11.5 Å². The van der Waals surface area contributed by atoms with Crippen molar-refractivity contribution in [2.75, 3.05) is 11.9 Å². The molecule has 0 saturated carbocycles. The number of hydrogen-bond acceptors (Lipinski definition) is 5. The molecule has 0 atom stereocenters. The molecule has 5 nitrogen and oxygen atoms in total. The molecular weight excluding hydrogens is 360 g/mol. The van der Waals surface area contributed by atoms with Crippen LogP contribution in [-0.4, -0.2) is 23.6 Å². The molecule has 1 heterocycles. The number of anilines is 1. The van der Waals surface area contributed by atoms with Crippen molar-refractivity contribution in [3.8, 4) is 22.8 Å². The average molecular weight is 382 g/mol. The summed E-state index contributed by atoms with van der Waals surface area (Å²) in [5, 5.41) is 5.31. The monoisotopic (exact) mass is 382 g/mol. The first-order valence-corrected chi connectivity index (χ1v) is 9.70. The van der Waals surface area contributed by atoms with Crippen molar-refractivity contribution in [2.45, 2.75) is 26.9 Å². The number of hydrogen-bond donors (Lipinski definition) is 1. The number of para-hydroxylation sites is 1. The molecule has 1 N–H and O–H groups in total. The van der Waals surface area contributed by atoms with Gasteiger partial charge in [-0.15, -0.1) is 11.3 Å². The van der Waals surface area contributed by atoms with E-state index in [9.17, 15) is 4.79 Å². The van der Waals surface area contributed by atoms with E-state index >= 15 is 0 Å². The second kappa shape index (κ2) is 8.68. The Balaban J connectivity index is 1.72. The lowest BCUT2D eigenvalue weighted by molar-refractivity contribution is 0.102. The summed E-state index contributed by atoms with van der Waals surface area (Å²) in [6.07, 6.45) is 0.136. The molecule has 0 bridgehead atoms. The molecule has 27 heavy (non-hydrogen) atoms. The second-order valence-corrected chi connectivity index (χ2v) is 6.97. The molecule has 0 saturated heterocycles.